The maximum Gasteiger partial charge on any atom is 0.254 e. The number of nitrogens with zero attached hydrogens (tertiary/aromatic N) is 1. The van der Waals surface area contributed by atoms with E-state index in [2.05, 4.69) is 0 Å². The van der Waals surface area contributed by atoms with Crippen LogP contribution in [0.25, 0.3) is 0 Å². The Bertz CT molecular complexity index is 422. The van der Waals surface area contributed by atoms with E-state index in [1.807, 2.05) is 6.92 Å². The fourth-order valence-corrected chi connectivity index (χ4v) is 2.33. The van der Waals surface area contributed by atoms with Gasteiger partial charge in [0.1, 0.15) is 5.82 Å². The van der Waals surface area contributed by atoms with E-state index in [1.54, 1.807) is 11.0 Å². The first-order chi connectivity index (χ1) is 8.13. The van der Waals surface area contributed by atoms with Crippen molar-refractivity contribution in [2.75, 3.05) is 13.2 Å². The lowest BCUT2D eigenvalue weighted by Gasteiger charge is -2.25. The molecule has 0 bridgehead atoms. The molecule has 1 aromatic rings. The first-order valence-corrected chi connectivity index (χ1v) is 5.81. The first kappa shape index (κ1) is 12.0. The molecule has 1 aliphatic heterocycles. The topological polar surface area (TPSA) is 40.5 Å². The van der Waals surface area contributed by atoms with Crippen molar-refractivity contribution in [2.45, 2.75) is 19.4 Å². The van der Waals surface area contributed by atoms with Gasteiger partial charge < -0.3 is 10.0 Å². The van der Waals surface area contributed by atoms with Crippen LogP contribution < -0.4 is 0 Å². The molecule has 17 heavy (non-hydrogen) atoms. The third-order valence-corrected chi connectivity index (χ3v) is 3.40. The van der Waals surface area contributed by atoms with Gasteiger partial charge in [-0.2, -0.15) is 0 Å². The number of carbonyl (C=O) groups is 1. The van der Waals surface area contributed by atoms with Gasteiger partial charge in [0.25, 0.3) is 5.91 Å². The zero-order chi connectivity index (χ0) is 12.4. The predicted molar refractivity (Wildman–Crippen MR) is 62.1 cm³/mol. The van der Waals surface area contributed by atoms with Crippen LogP contribution in [0.4, 0.5) is 4.39 Å². The van der Waals surface area contributed by atoms with Crippen LogP contribution in [0.5, 0.6) is 0 Å². The van der Waals surface area contributed by atoms with E-state index >= 15 is 0 Å². The van der Waals surface area contributed by atoms with Gasteiger partial charge in [-0.15, -0.1) is 0 Å². The molecule has 4 heteroatoms. The van der Waals surface area contributed by atoms with Gasteiger partial charge >= 0.3 is 0 Å². The Morgan fingerprint density at radius 1 is 1.59 bits per heavy atom. The third kappa shape index (κ3) is 2.31. The van der Waals surface area contributed by atoms with Crippen LogP contribution in [-0.2, 0) is 0 Å². The summed E-state index contributed by atoms with van der Waals surface area (Å²) in [6.45, 7) is 2.60. The Labute approximate surface area is 99.9 Å². The number of likely N-dealkylation sites (tertiary alicyclic amines) is 1. The smallest absolute Gasteiger partial charge is 0.254 e. The zero-order valence-electron chi connectivity index (χ0n) is 9.77. The molecule has 1 saturated heterocycles. The highest BCUT2D eigenvalue weighted by Crippen LogP contribution is 2.25. The van der Waals surface area contributed by atoms with E-state index in [4.69, 9.17) is 0 Å². The van der Waals surface area contributed by atoms with E-state index in [9.17, 15) is 14.3 Å². The zero-order valence-corrected chi connectivity index (χ0v) is 9.77. The van der Waals surface area contributed by atoms with Crippen molar-refractivity contribution in [3.8, 4) is 0 Å². The van der Waals surface area contributed by atoms with E-state index in [0.29, 0.717) is 12.1 Å². The second-order valence-electron chi connectivity index (χ2n) is 4.52. The molecular weight excluding hydrogens is 221 g/mol. The van der Waals surface area contributed by atoms with Gasteiger partial charge in [0.15, 0.2) is 0 Å². The van der Waals surface area contributed by atoms with Gasteiger partial charge in [-0.1, -0.05) is 13.0 Å². The minimum atomic E-state index is -0.413. The first-order valence-electron chi connectivity index (χ1n) is 5.81. The molecule has 1 aromatic carbocycles. The van der Waals surface area contributed by atoms with E-state index in [1.165, 1.54) is 18.2 Å². The molecule has 1 N–H and O–H groups in total. The summed E-state index contributed by atoms with van der Waals surface area (Å²) in [5, 5.41) is 9.29. The molecule has 1 heterocycles. The number of amides is 1. The van der Waals surface area contributed by atoms with Crippen molar-refractivity contribution in [3.05, 3.63) is 35.6 Å². The SMILES string of the molecule is CC1CCN(C(=O)c2cccc(F)c2)C1CO. The number of halogens is 1. The number of rotatable bonds is 2. The molecule has 0 saturated carbocycles. The predicted octanol–water partition coefficient (Wildman–Crippen LogP) is 1.67. The molecule has 0 radical (unpaired) electrons. The standard InChI is InChI=1S/C13H16FNO2/c1-9-5-6-15(12(9)8-16)13(17)10-3-2-4-11(14)7-10/h2-4,7,9,12,16H,5-6,8H2,1H3. The summed E-state index contributed by atoms with van der Waals surface area (Å²) in [4.78, 5) is 13.8. The fraction of sp³-hybridized carbons (Fsp3) is 0.462. The average Bonchev–Trinajstić information content (AvgIpc) is 2.69. The highest BCUT2D eigenvalue weighted by molar-refractivity contribution is 5.94. The minimum Gasteiger partial charge on any atom is -0.394 e. The van der Waals surface area contributed by atoms with Crippen LogP contribution in [-0.4, -0.2) is 35.1 Å². The molecule has 1 amide bonds. The van der Waals surface area contributed by atoms with Crippen LogP contribution in [0.2, 0.25) is 0 Å². The van der Waals surface area contributed by atoms with Gasteiger partial charge in [-0.05, 0) is 30.5 Å². The Morgan fingerprint density at radius 3 is 3.00 bits per heavy atom. The van der Waals surface area contributed by atoms with Gasteiger partial charge in [-0.25, -0.2) is 4.39 Å². The van der Waals surface area contributed by atoms with E-state index < -0.39 is 5.82 Å². The molecule has 0 spiro atoms. The lowest BCUT2D eigenvalue weighted by atomic mass is 10.0. The normalized spacial score (nSPS) is 24.1. The van der Waals surface area contributed by atoms with Crippen molar-refractivity contribution in [1.29, 1.82) is 0 Å². The highest BCUT2D eigenvalue weighted by atomic mass is 19.1. The van der Waals surface area contributed by atoms with Crippen molar-refractivity contribution in [2.24, 2.45) is 5.92 Å². The Hall–Kier alpha value is -1.42. The summed E-state index contributed by atoms with van der Waals surface area (Å²) in [7, 11) is 0. The summed E-state index contributed by atoms with van der Waals surface area (Å²) in [6, 6.07) is 5.52. The molecule has 2 rings (SSSR count). The molecule has 2 unspecified atom stereocenters. The molecule has 0 aliphatic carbocycles. The monoisotopic (exact) mass is 237 g/mol. The lowest BCUT2D eigenvalue weighted by Crippen LogP contribution is -2.39. The second kappa shape index (κ2) is 4.84. The molecule has 1 aliphatic rings. The Balaban J connectivity index is 2.20. The number of benzene rings is 1. The molecule has 2 atom stereocenters. The van der Waals surface area contributed by atoms with Crippen LogP contribution in [0, 0.1) is 11.7 Å². The Kier molecular flexibility index (Phi) is 3.43. The quantitative estimate of drug-likeness (QED) is 0.850. The fourth-order valence-electron chi connectivity index (χ4n) is 2.33. The summed E-state index contributed by atoms with van der Waals surface area (Å²) in [6.07, 6.45) is 0.881. The number of carbonyl (C=O) groups excluding carboxylic acids is 1. The number of hydrogen-bond acceptors (Lipinski definition) is 2. The average molecular weight is 237 g/mol. The van der Waals surface area contributed by atoms with Gasteiger partial charge in [-0.3, -0.25) is 4.79 Å². The largest absolute Gasteiger partial charge is 0.394 e. The van der Waals surface area contributed by atoms with Crippen LogP contribution in [0.15, 0.2) is 24.3 Å². The molecule has 0 aromatic heterocycles. The van der Waals surface area contributed by atoms with Crippen molar-refractivity contribution >= 4 is 5.91 Å². The lowest BCUT2D eigenvalue weighted by molar-refractivity contribution is 0.0647. The van der Waals surface area contributed by atoms with Crippen LogP contribution >= 0.6 is 0 Å². The van der Waals surface area contributed by atoms with Crippen molar-refractivity contribution in [3.63, 3.8) is 0 Å². The summed E-state index contributed by atoms with van der Waals surface area (Å²) in [5.74, 6) is -0.325. The van der Waals surface area contributed by atoms with Crippen molar-refractivity contribution < 1.29 is 14.3 Å². The highest BCUT2D eigenvalue weighted by Gasteiger charge is 2.34. The van der Waals surface area contributed by atoms with Crippen molar-refractivity contribution in [1.82, 2.24) is 4.90 Å². The van der Waals surface area contributed by atoms with E-state index in [0.717, 1.165) is 6.42 Å². The maximum atomic E-state index is 13.1. The van der Waals surface area contributed by atoms with E-state index in [-0.39, 0.29) is 24.5 Å². The summed E-state index contributed by atoms with van der Waals surface area (Å²) < 4.78 is 13.1. The molecule has 92 valence electrons. The molecule has 1 fully saturated rings. The summed E-state index contributed by atoms with van der Waals surface area (Å²) in [5.41, 5.74) is 0.345. The van der Waals surface area contributed by atoms with Gasteiger partial charge in [0, 0.05) is 12.1 Å². The second-order valence-corrected chi connectivity index (χ2v) is 4.52. The number of hydrogen-bond donors (Lipinski definition) is 1. The van der Waals surface area contributed by atoms with Crippen LogP contribution in [0.3, 0.4) is 0 Å². The molecule has 3 nitrogen and oxygen atoms in total. The summed E-state index contributed by atoms with van der Waals surface area (Å²) >= 11 is 0. The molecular formula is C13H16FNO2. The van der Waals surface area contributed by atoms with Crippen LogP contribution in [0.1, 0.15) is 23.7 Å². The minimum absolute atomic E-state index is 0.0395. The Morgan fingerprint density at radius 2 is 2.35 bits per heavy atom. The third-order valence-electron chi connectivity index (χ3n) is 3.40. The number of aliphatic hydroxyl groups is 1. The van der Waals surface area contributed by atoms with Gasteiger partial charge in [0.2, 0.25) is 0 Å². The maximum absolute atomic E-state index is 13.1. The van der Waals surface area contributed by atoms with Gasteiger partial charge in [0.05, 0.1) is 12.6 Å². The number of aliphatic hydroxyl groups excluding tert-OH is 1.